The molecule has 0 aliphatic rings. The summed E-state index contributed by atoms with van der Waals surface area (Å²) < 4.78 is 0. The zero-order chi connectivity index (χ0) is 13.8. The van der Waals surface area contributed by atoms with Crippen LogP contribution in [0.25, 0.3) is 0 Å². The van der Waals surface area contributed by atoms with Crippen molar-refractivity contribution in [3.63, 3.8) is 0 Å². The van der Waals surface area contributed by atoms with Crippen molar-refractivity contribution in [2.75, 3.05) is 0 Å². The Morgan fingerprint density at radius 3 is 2.42 bits per heavy atom. The normalized spacial score (nSPS) is 10.3. The molecule has 2 aromatic rings. The van der Waals surface area contributed by atoms with E-state index >= 15 is 0 Å². The number of benzene rings is 2. The van der Waals surface area contributed by atoms with Gasteiger partial charge in [-0.2, -0.15) is 0 Å². The zero-order valence-corrected chi connectivity index (χ0v) is 11.9. The van der Waals surface area contributed by atoms with Gasteiger partial charge in [0.15, 0.2) is 5.78 Å². The summed E-state index contributed by atoms with van der Waals surface area (Å²) in [6.07, 6.45) is 0.968. The van der Waals surface area contributed by atoms with E-state index in [9.17, 15) is 4.79 Å². The minimum Gasteiger partial charge on any atom is -0.289 e. The number of carbonyl (C=O) groups is 1. The maximum atomic E-state index is 12.4. The number of aryl methyl sites for hydroxylation is 1. The average molecular weight is 270 g/mol. The lowest BCUT2D eigenvalue weighted by Crippen LogP contribution is -2.14. The molecule has 0 aliphatic heterocycles. The molecule has 0 amide bonds. The average Bonchev–Trinajstić information content (AvgIpc) is 2.47. The lowest BCUT2D eigenvalue weighted by atomic mass is 9.73. The first-order chi connectivity index (χ1) is 9.15. The number of hydrogen-bond acceptors (Lipinski definition) is 1. The van der Waals surface area contributed by atoms with Gasteiger partial charge >= 0.3 is 0 Å². The van der Waals surface area contributed by atoms with Crippen LogP contribution in [0.5, 0.6) is 0 Å². The summed E-state index contributed by atoms with van der Waals surface area (Å²) in [7, 11) is 1.95. The van der Waals surface area contributed by atoms with E-state index in [1.54, 1.807) is 6.07 Å². The van der Waals surface area contributed by atoms with Gasteiger partial charge in [0.25, 0.3) is 0 Å². The van der Waals surface area contributed by atoms with Crippen LogP contribution in [0.15, 0.2) is 42.5 Å². The molecule has 3 heteroatoms. The van der Waals surface area contributed by atoms with Gasteiger partial charge < -0.3 is 0 Å². The van der Waals surface area contributed by atoms with Crippen LogP contribution >= 0.6 is 11.6 Å². The van der Waals surface area contributed by atoms with Crippen LogP contribution in [0.1, 0.15) is 28.4 Å². The molecule has 1 nitrogen and oxygen atoms in total. The highest BCUT2D eigenvalue weighted by atomic mass is 35.5. The molecule has 0 heterocycles. The number of carbonyl (C=O) groups excluding carboxylic acids is 1. The molecule has 2 rings (SSSR count). The topological polar surface area (TPSA) is 17.1 Å². The molecule has 19 heavy (non-hydrogen) atoms. The maximum Gasteiger partial charge on any atom is 0.194 e. The Hall–Kier alpha value is -1.54. The Labute approximate surface area is 119 Å². The Morgan fingerprint density at radius 2 is 1.84 bits per heavy atom. The second-order valence-electron chi connectivity index (χ2n) is 4.41. The van der Waals surface area contributed by atoms with Crippen LogP contribution in [0.4, 0.5) is 0 Å². The van der Waals surface area contributed by atoms with E-state index in [2.05, 4.69) is 6.92 Å². The fraction of sp³-hybridized carbons (Fsp3) is 0.188. The molecule has 0 fully saturated rings. The fourth-order valence-corrected chi connectivity index (χ4v) is 2.15. The van der Waals surface area contributed by atoms with E-state index in [1.165, 1.54) is 5.56 Å². The van der Waals surface area contributed by atoms with Crippen molar-refractivity contribution in [2.45, 2.75) is 20.2 Å². The second-order valence-corrected chi connectivity index (χ2v) is 4.81. The van der Waals surface area contributed by atoms with Gasteiger partial charge in [0.2, 0.25) is 0 Å². The lowest BCUT2D eigenvalue weighted by Gasteiger charge is -2.06. The van der Waals surface area contributed by atoms with Gasteiger partial charge in [-0.3, -0.25) is 4.79 Å². The van der Waals surface area contributed by atoms with Crippen molar-refractivity contribution in [3.05, 3.63) is 64.2 Å². The standard InChI is InChI=1S/C16H15BClO/c1-3-11-4-6-12(7-5-11)16(19)14-10-13(17-2)8-9-15(14)18/h4-10H,3H2,1-2H3. The highest BCUT2D eigenvalue weighted by molar-refractivity contribution is 6.52. The first kappa shape index (κ1) is 13.9. The third-order valence-corrected chi connectivity index (χ3v) is 3.52. The van der Waals surface area contributed by atoms with E-state index in [1.807, 2.05) is 50.5 Å². The van der Waals surface area contributed by atoms with E-state index in [0.717, 1.165) is 11.9 Å². The van der Waals surface area contributed by atoms with Crippen LogP contribution in [-0.4, -0.2) is 13.1 Å². The predicted octanol–water partition coefficient (Wildman–Crippen LogP) is 3.51. The summed E-state index contributed by atoms with van der Waals surface area (Å²) >= 11 is 6.12. The smallest absolute Gasteiger partial charge is 0.194 e. The Morgan fingerprint density at radius 1 is 1.16 bits per heavy atom. The SMILES string of the molecule is C[B]c1ccc(Cl)c(C(=O)c2ccc(CC)cc2)c1. The molecule has 0 saturated heterocycles. The molecule has 0 aromatic heterocycles. The van der Waals surface area contributed by atoms with Gasteiger partial charge in [-0.15, -0.1) is 0 Å². The van der Waals surface area contributed by atoms with Gasteiger partial charge in [0, 0.05) is 11.1 Å². The summed E-state index contributed by atoms with van der Waals surface area (Å²) in [5.74, 6) is -0.0312. The third kappa shape index (κ3) is 3.08. The first-order valence-electron chi connectivity index (χ1n) is 6.38. The molecule has 0 saturated carbocycles. The van der Waals surface area contributed by atoms with Crippen LogP contribution < -0.4 is 5.46 Å². The quantitative estimate of drug-likeness (QED) is 0.613. The van der Waals surface area contributed by atoms with Crippen molar-refractivity contribution in [2.24, 2.45) is 0 Å². The zero-order valence-electron chi connectivity index (χ0n) is 11.1. The van der Waals surface area contributed by atoms with Crippen LogP contribution in [-0.2, 0) is 6.42 Å². The highest BCUT2D eigenvalue weighted by Gasteiger charge is 2.13. The van der Waals surface area contributed by atoms with Crippen molar-refractivity contribution in [3.8, 4) is 0 Å². The maximum absolute atomic E-state index is 12.4. The highest BCUT2D eigenvalue weighted by Crippen LogP contribution is 2.18. The molecule has 2 aromatic carbocycles. The summed E-state index contributed by atoms with van der Waals surface area (Å²) in [6, 6.07) is 13.2. The van der Waals surface area contributed by atoms with E-state index in [4.69, 9.17) is 11.6 Å². The summed E-state index contributed by atoms with van der Waals surface area (Å²) in [6.45, 7) is 4.03. The number of halogens is 1. The van der Waals surface area contributed by atoms with Gasteiger partial charge in [0.1, 0.15) is 7.28 Å². The molecule has 0 spiro atoms. The Balaban J connectivity index is 2.37. The van der Waals surface area contributed by atoms with Crippen molar-refractivity contribution >= 4 is 30.1 Å². The molecule has 0 atom stereocenters. The van der Waals surface area contributed by atoms with E-state index < -0.39 is 0 Å². The van der Waals surface area contributed by atoms with Gasteiger partial charge in [0.05, 0.1) is 5.02 Å². The molecule has 0 aliphatic carbocycles. The minimum atomic E-state index is -0.0312. The summed E-state index contributed by atoms with van der Waals surface area (Å²) in [5.41, 5.74) is 3.45. The minimum absolute atomic E-state index is 0.0312. The first-order valence-corrected chi connectivity index (χ1v) is 6.76. The van der Waals surface area contributed by atoms with E-state index in [0.29, 0.717) is 16.1 Å². The van der Waals surface area contributed by atoms with Crippen molar-refractivity contribution in [1.82, 2.24) is 0 Å². The Bertz CT molecular complexity index is 590. The van der Waals surface area contributed by atoms with Gasteiger partial charge in [-0.1, -0.05) is 67.2 Å². The second kappa shape index (κ2) is 6.07. The molecular formula is C16H15BClO. The molecular weight excluding hydrogens is 254 g/mol. The molecule has 0 N–H and O–H groups in total. The van der Waals surface area contributed by atoms with Crippen molar-refractivity contribution in [1.29, 1.82) is 0 Å². The fourth-order valence-electron chi connectivity index (χ4n) is 1.94. The van der Waals surface area contributed by atoms with Crippen LogP contribution in [0.2, 0.25) is 11.8 Å². The largest absolute Gasteiger partial charge is 0.289 e. The monoisotopic (exact) mass is 269 g/mol. The molecule has 1 radical (unpaired) electrons. The van der Waals surface area contributed by atoms with Crippen molar-refractivity contribution < 1.29 is 4.79 Å². The number of rotatable bonds is 4. The van der Waals surface area contributed by atoms with Crippen LogP contribution in [0.3, 0.4) is 0 Å². The van der Waals surface area contributed by atoms with Crippen LogP contribution in [0, 0.1) is 0 Å². The van der Waals surface area contributed by atoms with Gasteiger partial charge in [-0.25, -0.2) is 0 Å². The Kier molecular flexibility index (Phi) is 4.44. The summed E-state index contributed by atoms with van der Waals surface area (Å²) in [4.78, 5) is 12.4. The van der Waals surface area contributed by atoms with E-state index in [-0.39, 0.29) is 5.78 Å². The summed E-state index contributed by atoms with van der Waals surface area (Å²) in [5, 5.41) is 0.496. The molecule has 0 unspecified atom stereocenters. The third-order valence-electron chi connectivity index (χ3n) is 3.19. The number of ketones is 1. The molecule has 95 valence electrons. The predicted molar refractivity (Wildman–Crippen MR) is 82.0 cm³/mol. The number of hydrogen-bond donors (Lipinski definition) is 0. The van der Waals surface area contributed by atoms with Gasteiger partial charge in [-0.05, 0) is 18.1 Å². The molecule has 0 bridgehead atoms. The lowest BCUT2D eigenvalue weighted by molar-refractivity contribution is 0.103.